The smallest absolute Gasteiger partial charge is 0.317 e. The van der Waals surface area contributed by atoms with Crippen LogP contribution in [0.4, 0.5) is 4.79 Å². The average Bonchev–Trinajstić information content (AvgIpc) is 3.39. The Morgan fingerprint density at radius 1 is 1.25 bits per heavy atom. The van der Waals surface area contributed by atoms with Crippen LogP contribution in [0.3, 0.4) is 0 Å². The molecule has 3 amide bonds. The number of hydrogen-bond acceptors (Lipinski definition) is 2. The van der Waals surface area contributed by atoms with E-state index in [0.717, 1.165) is 25.7 Å². The average molecular weight is 329 g/mol. The van der Waals surface area contributed by atoms with Crippen LogP contribution in [-0.2, 0) is 11.2 Å². The maximum atomic E-state index is 12.5. The van der Waals surface area contributed by atoms with Gasteiger partial charge in [-0.2, -0.15) is 0 Å². The molecule has 1 aliphatic carbocycles. The molecule has 2 aliphatic rings. The van der Waals surface area contributed by atoms with E-state index in [1.54, 1.807) is 4.90 Å². The summed E-state index contributed by atoms with van der Waals surface area (Å²) in [4.78, 5) is 26.3. The summed E-state index contributed by atoms with van der Waals surface area (Å²) in [5, 5.41) is 2.98. The van der Waals surface area contributed by atoms with Crippen molar-refractivity contribution in [3.05, 3.63) is 35.9 Å². The molecule has 24 heavy (non-hydrogen) atoms. The van der Waals surface area contributed by atoms with Gasteiger partial charge in [0.05, 0.1) is 5.41 Å². The highest BCUT2D eigenvalue weighted by atomic mass is 16.2. The van der Waals surface area contributed by atoms with Crippen molar-refractivity contribution in [3.63, 3.8) is 0 Å². The molecule has 3 rings (SSSR count). The predicted octanol–water partition coefficient (Wildman–Crippen LogP) is 2.31. The normalized spacial score (nSPS) is 23.8. The zero-order valence-corrected chi connectivity index (χ0v) is 14.2. The van der Waals surface area contributed by atoms with Gasteiger partial charge in [-0.05, 0) is 37.2 Å². The molecule has 3 N–H and O–H groups in total. The van der Waals surface area contributed by atoms with E-state index in [2.05, 4.69) is 17.4 Å². The lowest BCUT2D eigenvalue weighted by Gasteiger charge is -2.40. The second-order valence-electron chi connectivity index (χ2n) is 7.28. The van der Waals surface area contributed by atoms with Gasteiger partial charge in [-0.15, -0.1) is 0 Å². The van der Waals surface area contributed by atoms with Gasteiger partial charge < -0.3 is 16.0 Å². The second kappa shape index (κ2) is 7.24. The first kappa shape index (κ1) is 16.8. The van der Waals surface area contributed by atoms with E-state index in [9.17, 15) is 9.59 Å². The molecule has 1 atom stereocenters. The lowest BCUT2D eigenvalue weighted by Crippen LogP contribution is -2.54. The highest BCUT2D eigenvalue weighted by Gasteiger charge is 2.45. The zero-order chi connectivity index (χ0) is 17.0. The number of nitrogens with two attached hydrogens (primary N) is 1. The first-order valence-electron chi connectivity index (χ1n) is 8.96. The van der Waals surface area contributed by atoms with Crippen LogP contribution in [0.25, 0.3) is 0 Å². The van der Waals surface area contributed by atoms with Crippen molar-refractivity contribution in [1.29, 1.82) is 0 Å². The molecule has 1 aliphatic heterocycles. The van der Waals surface area contributed by atoms with Gasteiger partial charge in [0.15, 0.2) is 0 Å². The number of benzene rings is 1. The lowest BCUT2D eigenvalue weighted by molar-refractivity contribution is -0.131. The SMILES string of the molecule is NC(=O)C1(CC2CC2)CCCN(C(=O)NCCc2ccccc2)C1. The molecule has 2 fully saturated rings. The summed E-state index contributed by atoms with van der Waals surface area (Å²) in [7, 11) is 0. The number of nitrogens with one attached hydrogen (secondary N) is 1. The molecule has 0 spiro atoms. The van der Waals surface area contributed by atoms with Crippen LogP contribution in [0.5, 0.6) is 0 Å². The van der Waals surface area contributed by atoms with Crippen LogP contribution in [0.1, 0.15) is 37.7 Å². The number of rotatable bonds is 6. The quantitative estimate of drug-likeness (QED) is 0.840. The Bertz CT molecular complexity index is 586. The molecular formula is C19H27N3O2. The Balaban J connectivity index is 1.53. The first-order valence-corrected chi connectivity index (χ1v) is 8.96. The molecule has 1 aromatic rings. The minimum atomic E-state index is -0.518. The summed E-state index contributed by atoms with van der Waals surface area (Å²) in [5.41, 5.74) is 6.41. The minimum absolute atomic E-state index is 0.0768. The highest BCUT2D eigenvalue weighted by molar-refractivity contribution is 5.83. The van der Waals surface area contributed by atoms with Crippen LogP contribution in [0, 0.1) is 11.3 Å². The number of likely N-dealkylation sites (tertiary alicyclic amines) is 1. The number of carbonyl (C=O) groups is 2. The third-order valence-electron chi connectivity index (χ3n) is 5.30. The summed E-state index contributed by atoms with van der Waals surface area (Å²) < 4.78 is 0. The number of hydrogen-bond donors (Lipinski definition) is 2. The van der Waals surface area contributed by atoms with Crippen molar-refractivity contribution < 1.29 is 9.59 Å². The van der Waals surface area contributed by atoms with Gasteiger partial charge in [0.2, 0.25) is 5.91 Å². The Hall–Kier alpha value is -2.04. The molecule has 0 bridgehead atoms. The third kappa shape index (κ3) is 4.08. The van der Waals surface area contributed by atoms with Crippen molar-refractivity contribution in [2.24, 2.45) is 17.1 Å². The number of urea groups is 1. The van der Waals surface area contributed by atoms with E-state index in [4.69, 9.17) is 5.73 Å². The van der Waals surface area contributed by atoms with Crippen LogP contribution >= 0.6 is 0 Å². The third-order valence-corrected chi connectivity index (χ3v) is 5.30. The molecule has 0 aromatic heterocycles. The van der Waals surface area contributed by atoms with Gasteiger partial charge in [-0.3, -0.25) is 4.79 Å². The van der Waals surface area contributed by atoms with Gasteiger partial charge in [-0.1, -0.05) is 43.2 Å². The predicted molar refractivity (Wildman–Crippen MR) is 93.3 cm³/mol. The fraction of sp³-hybridized carbons (Fsp3) is 0.579. The number of amides is 3. The summed E-state index contributed by atoms with van der Waals surface area (Å²) >= 11 is 0. The van der Waals surface area contributed by atoms with Gasteiger partial charge >= 0.3 is 6.03 Å². The van der Waals surface area contributed by atoms with Gasteiger partial charge in [0.25, 0.3) is 0 Å². The molecule has 1 saturated heterocycles. The Morgan fingerprint density at radius 3 is 2.67 bits per heavy atom. The van der Waals surface area contributed by atoms with Gasteiger partial charge in [0.1, 0.15) is 0 Å². The largest absolute Gasteiger partial charge is 0.369 e. The van der Waals surface area contributed by atoms with E-state index >= 15 is 0 Å². The Labute approximate surface area is 143 Å². The van der Waals surface area contributed by atoms with E-state index in [1.165, 1.54) is 18.4 Å². The van der Waals surface area contributed by atoms with Crippen LogP contribution in [-0.4, -0.2) is 36.5 Å². The second-order valence-corrected chi connectivity index (χ2v) is 7.28. The molecule has 1 heterocycles. The summed E-state index contributed by atoms with van der Waals surface area (Å²) in [6.45, 7) is 1.78. The van der Waals surface area contributed by atoms with E-state index in [0.29, 0.717) is 25.6 Å². The topological polar surface area (TPSA) is 75.4 Å². The highest BCUT2D eigenvalue weighted by Crippen LogP contribution is 2.44. The van der Waals surface area contributed by atoms with Gasteiger partial charge in [-0.25, -0.2) is 4.79 Å². The number of primary amides is 1. The zero-order valence-electron chi connectivity index (χ0n) is 14.2. The fourth-order valence-corrected chi connectivity index (χ4v) is 3.72. The Kier molecular flexibility index (Phi) is 5.07. The molecule has 130 valence electrons. The summed E-state index contributed by atoms with van der Waals surface area (Å²) in [5.74, 6) is 0.384. The Morgan fingerprint density at radius 2 is 2.00 bits per heavy atom. The van der Waals surface area contributed by atoms with Crippen LogP contribution in [0.2, 0.25) is 0 Å². The van der Waals surface area contributed by atoms with E-state index in [-0.39, 0.29) is 11.9 Å². The van der Waals surface area contributed by atoms with Crippen LogP contribution < -0.4 is 11.1 Å². The molecule has 1 unspecified atom stereocenters. The van der Waals surface area contributed by atoms with Crippen molar-refractivity contribution >= 4 is 11.9 Å². The number of nitrogens with zero attached hydrogens (tertiary/aromatic N) is 1. The van der Waals surface area contributed by atoms with Crippen molar-refractivity contribution in [2.75, 3.05) is 19.6 Å². The standard InChI is InChI=1S/C19H27N3O2/c20-17(23)19(13-16-7-8-16)10-4-12-22(14-19)18(24)21-11-9-15-5-2-1-3-6-15/h1-3,5-6,16H,4,7-14H2,(H2,20,23)(H,21,24). The van der Waals surface area contributed by atoms with E-state index < -0.39 is 5.41 Å². The molecular weight excluding hydrogens is 302 g/mol. The summed E-state index contributed by atoms with van der Waals surface area (Å²) in [6.07, 6.45) is 5.70. The van der Waals surface area contributed by atoms with Crippen molar-refractivity contribution in [1.82, 2.24) is 10.2 Å². The van der Waals surface area contributed by atoms with Crippen molar-refractivity contribution in [3.8, 4) is 0 Å². The monoisotopic (exact) mass is 329 g/mol. The number of carbonyl (C=O) groups excluding carboxylic acids is 2. The molecule has 5 heteroatoms. The maximum Gasteiger partial charge on any atom is 0.317 e. The van der Waals surface area contributed by atoms with Gasteiger partial charge in [0, 0.05) is 19.6 Å². The number of piperidine rings is 1. The molecule has 0 radical (unpaired) electrons. The molecule has 5 nitrogen and oxygen atoms in total. The fourth-order valence-electron chi connectivity index (χ4n) is 3.72. The molecule has 1 aromatic carbocycles. The molecule has 1 saturated carbocycles. The first-order chi connectivity index (χ1) is 11.6. The summed E-state index contributed by atoms with van der Waals surface area (Å²) in [6, 6.07) is 10.0. The minimum Gasteiger partial charge on any atom is -0.369 e. The van der Waals surface area contributed by atoms with E-state index in [1.807, 2.05) is 18.2 Å². The van der Waals surface area contributed by atoms with Crippen molar-refractivity contribution in [2.45, 2.75) is 38.5 Å². The maximum absolute atomic E-state index is 12.5. The van der Waals surface area contributed by atoms with Crippen LogP contribution in [0.15, 0.2) is 30.3 Å². The lowest BCUT2D eigenvalue weighted by atomic mass is 9.75.